The smallest absolute Gasteiger partial charge is 0.251 e. The van der Waals surface area contributed by atoms with Gasteiger partial charge in [0.15, 0.2) is 0 Å². The molecule has 0 aliphatic rings. The Bertz CT molecular complexity index is 780. The van der Waals surface area contributed by atoms with Gasteiger partial charge in [0.05, 0.1) is 5.56 Å². The van der Waals surface area contributed by atoms with Crippen molar-refractivity contribution in [3.8, 4) is 15.4 Å². The van der Waals surface area contributed by atoms with E-state index in [4.69, 9.17) is 5.73 Å². The van der Waals surface area contributed by atoms with Crippen LogP contribution in [-0.2, 0) is 0 Å². The molecule has 4 heteroatoms. The molecule has 2 aromatic heterocycles. The maximum Gasteiger partial charge on any atom is 0.251 e. The van der Waals surface area contributed by atoms with E-state index in [1.54, 1.807) is 11.3 Å². The summed E-state index contributed by atoms with van der Waals surface area (Å²) in [7, 11) is 0. The minimum Gasteiger partial charge on any atom is -0.366 e. The van der Waals surface area contributed by atoms with Gasteiger partial charge in [-0.3, -0.25) is 4.79 Å². The fourth-order valence-corrected chi connectivity index (χ4v) is 3.75. The Morgan fingerprint density at radius 1 is 1.05 bits per heavy atom. The molecular weight excluding hydrogens is 280 g/mol. The summed E-state index contributed by atoms with van der Waals surface area (Å²) in [6.07, 6.45) is 0. The molecule has 0 atom stereocenters. The number of amides is 1. The van der Waals surface area contributed by atoms with E-state index in [-0.39, 0.29) is 0 Å². The second kappa shape index (κ2) is 5.22. The fraction of sp³-hybridized carbons (Fsp3) is 0.118. The van der Waals surface area contributed by atoms with Crippen molar-refractivity contribution in [3.63, 3.8) is 0 Å². The Morgan fingerprint density at radius 2 is 1.67 bits per heavy atom. The average Bonchev–Trinajstić information content (AvgIpc) is 3.04. The Balaban J connectivity index is 2.21. The highest BCUT2D eigenvalue weighted by Crippen LogP contribution is 2.35. The average molecular weight is 296 g/mol. The lowest BCUT2D eigenvalue weighted by Gasteiger charge is -2.08. The van der Waals surface area contributed by atoms with Crippen LogP contribution in [-0.4, -0.2) is 10.5 Å². The van der Waals surface area contributed by atoms with Gasteiger partial charge >= 0.3 is 0 Å². The van der Waals surface area contributed by atoms with Gasteiger partial charge in [-0.05, 0) is 37.6 Å². The minimum atomic E-state index is -0.393. The molecule has 0 unspecified atom stereocenters. The van der Waals surface area contributed by atoms with Crippen LogP contribution in [0, 0.1) is 13.8 Å². The molecule has 21 heavy (non-hydrogen) atoms. The Morgan fingerprint density at radius 3 is 2.24 bits per heavy atom. The first kappa shape index (κ1) is 13.6. The first-order valence-electron chi connectivity index (χ1n) is 6.72. The lowest BCUT2D eigenvalue weighted by molar-refractivity contribution is 0.100. The normalized spacial score (nSPS) is 10.8. The summed E-state index contributed by atoms with van der Waals surface area (Å²) in [5.41, 5.74) is 9.42. The summed E-state index contributed by atoms with van der Waals surface area (Å²) in [5.74, 6) is -0.393. The van der Waals surface area contributed by atoms with Crippen LogP contribution < -0.4 is 5.73 Å². The van der Waals surface area contributed by atoms with Crippen LogP contribution in [0.1, 0.15) is 21.7 Å². The summed E-state index contributed by atoms with van der Waals surface area (Å²) < 4.78 is 2.08. The molecule has 0 aliphatic heterocycles. The predicted molar refractivity (Wildman–Crippen MR) is 87.1 cm³/mol. The van der Waals surface area contributed by atoms with Gasteiger partial charge in [-0.2, -0.15) is 0 Å². The number of hydrogen-bond donors (Lipinski definition) is 1. The molecule has 3 nitrogen and oxygen atoms in total. The highest BCUT2D eigenvalue weighted by atomic mass is 32.1. The van der Waals surface area contributed by atoms with Crippen LogP contribution in [0.4, 0.5) is 0 Å². The SMILES string of the molecule is Cc1ccc(C)n1-c1sc(-c2ccccc2)cc1C(N)=O. The van der Waals surface area contributed by atoms with Crippen molar-refractivity contribution in [2.75, 3.05) is 0 Å². The third-order valence-electron chi connectivity index (χ3n) is 3.51. The van der Waals surface area contributed by atoms with E-state index in [1.807, 2.05) is 62.4 Å². The number of carbonyl (C=O) groups excluding carboxylic acids is 1. The van der Waals surface area contributed by atoms with Gasteiger partial charge in [0.2, 0.25) is 0 Å². The van der Waals surface area contributed by atoms with Crippen molar-refractivity contribution in [3.05, 3.63) is 65.5 Å². The van der Waals surface area contributed by atoms with E-state index < -0.39 is 5.91 Å². The number of aryl methyl sites for hydroxylation is 2. The fourth-order valence-electron chi connectivity index (χ4n) is 2.46. The zero-order valence-electron chi connectivity index (χ0n) is 12.0. The van der Waals surface area contributed by atoms with Crippen molar-refractivity contribution >= 4 is 17.2 Å². The topological polar surface area (TPSA) is 48.0 Å². The maximum absolute atomic E-state index is 11.8. The number of nitrogens with zero attached hydrogens (tertiary/aromatic N) is 1. The van der Waals surface area contributed by atoms with Crippen LogP contribution in [0.2, 0.25) is 0 Å². The minimum absolute atomic E-state index is 0.393. The van der Waals surface area contributed by atoms with Gasteiger partial charge in [-0.15, -0.1) is 11.3 Å². The maximum atomic E-state index is 11.8. The molecule has 3 rings (SSSR count). The van der Waals surface area contributed by atoms with E-state index in [0.717, 1.165) is 26.8 Å². The van der Waals surface area contributed by atoms with Crippen LogP contribution >= 0.6 is 11.3 Å². The summed E-state index contributed by atoms with van der Waals surface area (Å²) in [5, 5.41) is 0.890. The zero-order valence-corrected chi connectivity index (χ0v) is 12.8. The van der Waals surface area contributed by atoms with Crippen molar-refractivity contribution in [2.45, 2.75) is 13.8 Å². The molecular formula is C17H16N2OS. The molecule has 1 amide bonds. The van der Waals surface area contributed by atoms with Crippen LogP contribution in [0.15, 0.2) is 48.5 Å². The Labute approximate surface area is 127 Å². The van der Waals surface area contributed by atoms with Gasteiger partial charge in [0.25, 0.3) is 5.91 Å². The van der Waals surface area contributed by atoms with Gasteiger partial charge in [-0.25, -0.2) is 0 Å². The molecule has 0 saturated heterocycles. The van der Waals surface area contributed by atoms with Gasteiger partial charge in [0, 0.05) is 16.3 Å². The van der Waals surface area contributed by atoms with E-state index in [2.05, 4.69) is 4.57 Å². The van der Waals surface area contributed by atoms with Crippen molar-refractivity contribution in [1.82, 2.24) is 4.57 Å². The standard InChI is InChI=1S/C17H16N2OS/c1-11-8-9-12(2)19(11)17-14(16(18)20)10-15(21-17)13-6-4-3-5-7-13/h3-10H,1-2H3,(H2,18,20). The lowest BCUT2D eigenvalue weighted by Crippen LogP contribution is -2.13. The molecule has 0 aliphatic carbocycles. The summed E-state index contributed by atoms with van der Waals surface area (Å²) >= 11 is 1.59. The molecule has 2 heterocycles. The molecule has 2 N–H and O–H groups in total. The van der Waals surface area contributed by atoms with E-state index in [9.17, 15) is 4.79 Å². The number of thiophene rings is 1. The highest BCUT2D eigenvalue weighted by Gasteiger charge is 2.18. The molecule has 0 saturated carbocycles. The monoisotopic (exact) mass is 296 g/mol. The highest BCUT2D eigenvalue weighted by molar-refractivity contribution is 7.18. The molecule has 0 bridgehead atoms. The van der Waals surface area contributed by atoms with Gasteiger partial charge in [0.1, 0.15) is 5.00 Å². The number of primary amides is 1. The van der Waals surface area contributed by atoms with Gasteiger partial charge in [-0.1, -0.05) is 30.3 Å². The third kappa shape index (κ3) is 2.38. The molecule has 0 spiro atoms. The zero-order chi connectivity index (χ0) is 15.0. The van der Waals surface area contributed by atoms with E-state index >= 15 is 0 Å². The largest absolute Gasteiger partial charge is 0.366 e. The third-order valence-corrected chi connectivity index (χ3v) is 4.68. The summed E-state index contributed by atoms with van der Waals surface area (Å²) in [6, 6.07) is 16.0. The quantitative estimate of drug-likeness (QED) is 0.782. The first-order valence-corrected chi connectivity index (χ1v) is 7.54. The molecule has 1 aromatic carbocycles. The summed E-state index contributed by atoms with van der Waals surface area (Å²) in [6.45, 7) is 4.05. The van der Waals surface area contributed by atoms with Crippen LogP contribution in [0.5, 0.6) is 0 Å². The van der Waals surface area contributed by atoms with E-state index in [0.29, 0.717) is 5.56 Å². The second-order valence-corrected chi connectivity index (χ2v) is 6.04. The second-order valence-electron chi connectivity index (χ2n) is 5.01. The lowest BCUT2D eigenvalue weighted by atomic mass is 10.1. The van der Waals surface area contributed by atoms with E-state index in [1.165, 1.54) is 0 Å². The molecule has 106 valence electrons. The summed E-state index contributed by atoms with van der Waals surface area (Å²) in [4.78, 5) is 12.8. The number of nitrogens with two attached hydrogens (primary N) is 1. The molecule has 3 aromatic rings. The number of rotatable bonds is 3. The van der Waals surface area contributed by atoms with Crippen LogP contribution in [0.3, 0.4) is 0 Å². The molecule has 0 fully saturated rings. The van der Waals surface area contributed by atoms with Crippen LogP contribution in [0.25, 0.3) is 15.4 Å². The first-order chi connectivity index (χ1) is 10.1. The number of hydrogen-bond acceptors (Lipinski definition) is 2. The van der Waals surface area contributed by atoms with Crippen molar-refractivity contribution in [2.24, 2.45) is 5.73 Å². The van der Waals surface area contributed by atoms with Crippen molar-refractivity contribution in [1.29, 1.82) is 0 Å². The molecule has 0 radical (unpaired) electrons. The van der Waals surface area contributed by atoms with Gasteiger partial charge < -0.3 is 10.3 Å². The Kier molecular flexibility index (Phi) is 3.39. The van der Waals surface area contributed by atoms with Crippen molar-refractivity contribution < 1.29 is 4.79 Å². The number of carbonyl (C=O) groups is 1. The number of aromatic nitrogens is 1. The number of benzene rings is 1. The Hall–Kier alpha value is -2.33. The predicted octanol–water partition coefficient (Wildman–Crippen LogP) is 3.92.